The highest BCUT2D eigenvalue weighted by Gasteiger charge is 2.17. The summed E-state index contributed by atoms with van der Waals surface area (Å²) < 4.78 is 18.2. The van der Waals surface area contributed by atoms with Crippen LogP contribution in [0.3, 0.4) is 0 Å². The van der Waals surface area contributed by atoms with Crippen molar-refractivity contribution in [2.45, 2.75) is 39.3 Å². The monoisotopic (exact) mass is 268 g/mol. The molecule has 0 aliphatic rings. The molecule has 106 valence electrons. The van der Waals surface area contributed by atoms with E-state index >= 15 is 0 Å². The van der Waals surface area contributed by atoms with Crippen molar-refractivity contribution in [1.29, 1.82) is 0 Å². The first-order valence-corrected chi connectivity index (χ1v) is 6.17. The minimum Gasteiger partial charge on any atom is -0.444 e. The molecular formula is C14H21FN2O2. The van der Waals surface area contributed by atoms with E-state index in [0.29, 0.717) is 5.56 Å². The van der Waals surface area contributed by atoms with Crippen molar-refractivity contribution in [2.75, 3.05) is 6.54 Å². The van der Waals surface area contributed by atoms with E-state index in [0.717, 1.165) is 5.56 Å². The zero-order valence-electron chi connectivity index (χ0n) is 11.8. The van der Waals surface area contributed by atoms with E-state index < -0.39 is 17.7 Å². The van der Waals surface area contributed by atoms with Crippen molar-refractivity contribution in [3.8, 4) is 0 Å². The van der Waals surface area contributed by atoms with Crippen LogP contribution in [0.2, 0.25) is 0 Å². The predicted molar refractivity (Wildman–Crippen MR) is 72.3 cm³/mol. The summed E-state index contributed by atoms with van der Waals surface area (Å²) in [5.74, 6) is -0.268. The molecule has 0 fully saturated rings. The topological polar surface area (TPSA) is 64.3 Å². The fourth-order valence-corrected chi connectivity index (χ4v) is 1.52. The number of hydrogen-bond acceptors (Lipinski definition) is 3. The predicted octanol–water partition coefficient (Wildman–Crippen LogP) is 2.66. The van der Waals surface area contributed by atoms with E-state index in [2.05, 4.69) is 5.32 Å². The van der Waals surface area contributed by atoms with E-state index in [9.17, 15) is 9.18 Å². The number of benzene rings is 1. The van der Waals surface area contributed by atoms with Gasteiger partial charge in [-0.05, 0) is 44.9 Å². The Balaban J connectivity index is 2.53. The van der Waals surface area contributed by atoms with Crippen LogP contribution in [0.15, 0.2) is 18.2 Å². The van der Waals surface area contributed by atoms with Crippen LogP contribution in [0.1, 0.15) is 37.9 Å². The SMILES string of the molecule is Cc1cc([C@@H](N)CNC(=O)OC(C)(C)C)ccc1F. The molecule has 5 heteroatoms. The fraction of sp³-hybridized carbons (Fsp3) is 0.500. The van der Waals surface area contributed by atoms with Gasteiger partial charge in [-0.3, -0.25) is 0 Å². The van der Waals surface area contributed by atoms with Crippen LogP contribution in [0.25, 0.3) is 0 Å². The molecule has 0 spiro atoms. The third-order valence-electron chi connectivity index (χ3n) is 2.48. The molecule has 4 nitrogen and oxygen atoms in total. The summed E-state index contributed by atoms with van der Waals surface area (Å²) in [5.41, 5.74) is 6.70. The molecule has 0 saturated heterocycles. The summed E-state index contributed by atoms with van der Waals surface area (Å²) in [4.78, 5) is 11.5. The van der Waals surface area contributed by atoms with Crippen molar-refractivity contribution in [1.82, 2.24) is 5.32 Å². The average Bonchev–Trinajstić information content (AvgIpc) is 2.27. The molecule has 0 unspecified atom stereocenters. The van der Waals surface area contributed by atoms with Crippen LogP contribution < -0.4 is 11.1 Å². The lowest BCUT2D eigenvalue weighted by molar-refractivity contribution is 0.0524. The Kier molecular flexibility index (Phi) is 4.89. The van der Waals surface area contributed by atoms with E-state index in [1.807, 2.05) is 0 Å². The molecule has 1 aromatic carbocycles. The number of carbonyl (C=O) groups is 1. The van der Waals surface area contributed by atoms with Gasteiger partial charge in [0.25, 0.3) is 0 Å². The van der Waals surface area contributed by atoms with Crippen molar-refractivity contribution in [3.05, 3.63) is 35.1 Å². The molecule has 1 aromatic rings. The van der Waals surface area contributed by atoms with Gasteiger partial charge in [0.2, 0.25) is 0 Å². The Bertz CT molecular complexity index is 455. The molecule has 0 bridgehead atoms. The van der Waals surface area contributed by atoms with Crippen LogP contribution in [-0.4, -0.2) is 18.2 Å². The summed E-state index contributed by atoms with van der Waals surface area (Å²) in [6.45, 7) is 7.27. The van der Waals surface area contributed by atoms with Gasteiger partial charge < -0.3 is 15.8 Å². The first-order valence-electron chi connectivity index (χ1n) is 6.17. The molecule has 1 rings (SSSR count). The molecule has 0 saturated carbocycles. The lowest BCUT2D eigenvalue weighted by Crippen LogP contribution is -2.36. The Morgan fingerprint density at radius 3 is 2.63 bits per heavy atom. The molecule has 0 radical (unpaired) electrons. The fourth-order valence-electron chi connectivity index (χ4n) is 1.52. The van der Waals surface area contributed by atoms with Crippen LogP contribution in [-0.2, 0) is 4.74 Å². The van der Waals surface area contributed by atoms with Gasteiger partial charge in [0, 0.05) is 12.6 Å². The first kappa shape index (κ1) is 15.4. The third kappa shape index (κ3) is 5.26. The molecule has 3 N–H and O–H groups in total. The Morgan fingerprint density at radius 2 is 2.11 bits per heavy atom. The molecule has 0 aliphatic carbocycles. The quantitative estimate of drug-likeness (QED) is 0.885. The number of amides is 1. The van der Waals surface area contributed by atoms with E-state index in [1.54, 1.807) is 39.8 Å². The number of carbonyl (C=O) groups excluding carboxylic acids is 1. The maximum atomic E-state index is 13.1. The average molecular weight is 268 g/mol. The number of aryl methyl sites for hydroxylation is 1. The summed E-state index contributed by atoms with van der Waals surface area (Å²) in [6, 6.07) is 4.27. The molecule has 1 amide bonds. The minimum absolute atomic E-state index is 0.236. The molecule has 1 atom stereocenters. The third-order valence-corrected chi connectivity index (χ3v) is 2.48. The molecular weight excluding hydrogens is 247 g/mol. The van der Waals surface area contributed by atoms with Gasteiger partial charge in [-0.1, -0.05) is 12.1 Å². The first-order chi connectivity index (χ1) is 8.69. The standard InChI is InChI=1S/C14H21FN2O2/c1-9-7-10(5-6-11(9)15)12(16)8-17-13(18)19-14(2,3)4/h5-7,12H,8,16H2,1-4H3,(H,17,18)/t12-/m0/s1. The van der Waals surface area contributed by atoms with Crippen LogP contribution in [0.5, 0.6) is 0 Å². The maximum absolute atomic E-state index is 13.1. The maximum Gasteiger partial charge on any atom is 0.407 e. The Labute approximate surface area is 113 Å². The van der Waals surface area contributed by atoms with E-state index in [1.165, 1.54) is 6.07 Å². The van der Waals surface area contributed by atoms with Gasteiger partial charge in [0.1, 0.15) is 11.4 Å². The zero-order chi connectivity index (χ0) is 14.6. The van der Waals surface area contributed by atoms with Crippen molar-refractivity contribution < 1.29 is 13.9 Å². The van der Waals surface area contributed by atoms with Gasteiger partial charge in [-0.15, -0.1) is 0 Å². The second kappa shape index (κ2) is 6.02. The van der Waals surface area contributed by atoms with E-state index in [-0.39, 0.29) is 12.4 Å². The summed E-state index contributed by atoms with van der Waals surface area (Å²) in [5, 5.41) is 2.59. The molecule has 0 heterocycles. The summed E-state index contributed by atoms with van der Waals surface area (Å²) in [6.07, 6.45) is -0.512. The van der Waals surface area contributed by atoms with Gasteiger partial charge in [-0.25, -0.2) is 9.18 Å². The van der Waals surface area contributed by atoms with Crippen LogP contribution >= 0.6 is 0 Å². The number of ether oxygens (including phenoxy) is 1. The van der Waals surface area contributed by atoms with Crippen molar-refractivity contribution in [3.63, 3.8) is 0 Å². The van der Waals surface area contributed by atoms with Gasteiger partial charge in [0.05, 0.1) is 0 Å². The second-order valence-corrected chi connectivity index (χ2v) is 5.50. The Morgan fingerprint density at radius 1 is 1.47 bits per heavy atom. The second-order valence-electron chi connectivity index (χ2n) is 5.50. The number of rotatable bonds is 3. The minimum atomic E-state index is -0.541. The highest BCUT2D eigenvalue weighted by molar-refractivity contribution is 5.67. The highest BCUT2D eigenvalue weighted by Crippen LogP contribution is 2.14. The number of nitrogens with two attached hydrogens (primary N) is 1. The van der Waals surface area contributed by atoms with Gasteiger partial charge in [0.15, 0.2) is 0 Å². The Hall–Kier alpha value is -1.62. The van der Waals surface area contributed by atoms with Crippen molar-refractivity contribution in [2.24, 2.45) is 5.73 Å². The lowest BCUT2D eigenvalue weighted by Gasteiger charge is -2.21. The number of alkyl carbamates (subject to hydrolysis) is 1. The number of halogens is 1. The van der Waals surface area contributed by atoms with Crippen LogP contribution in [0.4, 0.5) is 9.18 Å². The lowest BCUT2D eigenvalue weighted by atomic mass is 10.0. The van der Waals surface area contributed by atoms with Gasteiger partial charge in [-0.2, -0.15) is 0 Å². The molecule has 0 aromatic heterocycles. The normalized spacial score (nSPS) is 12.9. The van der Waals surface area contributed by atoms with E-state index in [4.69, 9.17) is 10.5 Å². The van der Waals surface area contributed by atoms with Gasteiger partial charge >= 0.3 is 6.09 Å². The largest absolute Gasteiger partial charge is 0.444 e. The van der Waals surface area contributed by atoms with Crippen LogP contribution in [0, 0.1) is 12.7 Å². The zero-order valence-corrected chi connectivity index (χ0v) is 11.8. The number of hydrogen-bond donors (Lipinski definition) is 2. The highest BCUT2D eigenvalue weighted by atomic mass is 19.1. The summed E-state index contributed by atoms with van der Waals surface area (Å²) >= 11 is 0. The number of nitrogens with one attached hydrogen (secondary N) is 1. The smallest absolute Gasteiger partial charge is 0.407 e. The molecule has 19 heavy (non-hydrogen) atoms. The van der Waals surface area contributed by atoms with Crippen molar-refractivity contribution >= 4 is 6.09 Å². The molecule has 0 aliphatic heterocycles. The summed E-state index contributed by atoms with van der Waals surface area (Å²) in [7, 11) is 0.